The lowest BCUT2D eigenvalue weighted by Gasteiger charge is -2.07. The van der Waals surface area contributed by atoms with Gasteiger partial charge in [-0.25, -0.2) is 17.9 Å². The van der Waals surface area contributed by atoms with Gasteiger partial charge < -0.3 is 0 Å². The van der Waals surface area contributed by atoms with Gasteiger partial charge in [0.25, 0.3) is 0 Å². The molecule has 0 aromatic heterocycles. The van der Waals surface area contributed by atoms with Crippen LogP contribution in [0.2, 0.25) is 0 Å². The molecule has 0 aliphatic heterocycles. The largest absolute Gasteiger partial charge is 0.240 e. The van der Waals surface area contributed by atoms with Gasteiger partial charge in [0.15, 0.2) is 0 Å². The van der Waals surface area contributed by atoms with Gasteiger partial charge in [0.05, 0.1) is 10.8 Å². The molecule has 16 heavy (non-hydrogen) atoms. The van der Waals surface area contributed by atoms with Crippen molar-refractivity contribution in [1.29, 1.82) is 0 Å². The van der Waals surface area contributed by atoms with Gasteiger partial charge in [-0.3, -0.25) is 0 Å². The van der Waals surface area contributed by atoms with E-state index < -0.39 is 20.7 Å². The van der Waals surface area contributed by atoms with Crippen LogP contribution in [0.5, 0.6) is 0 Å². The highest BCUT2D eigenvalue weighted by atomic mass is 32.2. The van der Waals surface area contributed by atoms with Crippen LogP contribution in [0, 0.1) is 5.82 Å². The fourth-order valence-electron chi connectivity index (χ4n) is 1.30. The van der Waals surface area contributed by atoms with Gasteiger partial charge in [-0.1, -0.05) is 6.92 Å². The standard InChI is InChI=1S/C9H9FN2O2S2/c1-2-6-7(12-5-15)3-4-8(9(6)10)16(11,13)14/h3-4H,2H2,1H3,(H2,11,13,14). The van der Waals surface area contributed by atoms with Crippen molar-refractivity contribution in [2.24, 2.45) is 10.1 Å². The van der Waals surface area contributed by atoms with E-state index in [1.54, 1.807) is 6.92 Å². The number of isothiocyanates is 1. The normalized spacial score (nSPS) is 10.9. The average Bonchev–Trinajstić information content (AvgIpc) is 2.16. The van der Waals surface area contributed by atoms with Gasteiger partial charge in [-0.05, 0) is 30.8 Å². The van der Waals surface area contributed by atoms with Crippen molar-refractivity contribution in [2.75, 3.05) is 0 Å². The van der Waals surface area contributed by atoms with E-state index in [2.05, 4.69) is 22.4 Å². The number of hydrogen-bond acceptors (Lipinski definition) is 4. The summed E-state index contributed by atoms with van der Waals surface area (Å²) in [6.07, 6.45) is 0.283. The summed E-state index contributed by atoms with van der Waals surface area (Å²) in [6.45, 7) is 1.67. The van der Waals surface area contributed by atoms with Gasteiger partial charge in [0.2, 0.25) is 10.0 Å². The van der Waals surface area contributed by atoms with E-state index in [0.717, 1.165) is 6.07 Å². The number of nitrogens with two attached hydrogens (primary N) is 1. The predicted molar refractivity (Wildman–Crippen MR) is 61.8 cm³/mol. The number of primary sulfonamides is 1. The monoisotopic (exact) mass is 260 g/mol. The maximum absolute atomic E-state index is 13.8. The van der Waals surface area contributed by atoms with Gasteiger partial charge >= 0.3 is 0 Å². The second-order valence-electron chi connectivity index (χ2n) is 2.98. The molecular formula is C9H9FN2O2S2. The lowest BCUT2D eigenvalue weighted by Crippen LogP contribution is -2.15. The van der Waals surface area contributed by atoms with Crippen LogP contribution >= 0.6 is 12.2 Å². The predicted octanol–water partition coefficient (Wildman–Crippen LogP) is 1.77. The van der Waals surface area contributed by atoms with E-state index in [4.69, 9.17) is 5.14 Å². The van der Waals surface area contributed by atoms with Gasteiger partial charge in [0.1, 0.15) is 10.7 Å². The SMILES string of the molecule is CCc1c(N=C=S)ccc(S(N)(=O)=O)c1F. The molecule has 0 saturated carbocycles. The topological polar surface area (TPSA) is 72.5 Å². The summed E-state index contributed by atoms with van der Waals surface area (Å²) >= 11 is 4.41. The summed E-state index contributed by atoms with van der Waals surface area (Å²) in [4.78, 5) is 3.12. The van der Waals surface area contributed by atoms with Crippen molar-refractivity contribution in [3.8, 4) is 0 Å². The number of sulfonamides is 1. The van der Waals surface area contributed by atoms with Crippen molar-refractivity contribution in [3.05, 3.63) is 23.5 Å². The molecule has 0 bridgehead atoms. The average molecular weight is 260 g/mol. The Morgan fingerprint density at radius 2 is 2.19 bits per heavy atom. The number of nitrogens with zero attached hydrogens (tertiary/aromatic N) is 1. The molecule has 0 heterocycles. The summed E-state index contributed by atoms with van der Waals surface area (Å²) < 4.78 is 35.9. The minimum absolute atomic E-state index is 0.156. The Kier molecular flexibility index (Phi) is 3.88. The minimum Gasteiger partial charge on any atom is -0.225 e. The zero-order valence-electron chi connectivity index (χ0n) is 8.40. The molecule has 1 aromatic carbocycles. The summed E-state index contributed by atoms with van der Waals surface area (Å²) in [6, 6.07) is 2.41. The summed E-state index contributed by atoms with van der Waals surface area (Å²) in [5, 5.41) is 6.98. The number of benzene rings is 1. The molecule has 0 unspecified atom stereocenters. The summed E-state index contributed by atoms with van der Waals surface area (Å²) in [5.74, 6) is -0.878. The van der Waals surface area contributed by atoms with Crippen molar-refractivity contribution < 1.29 is 12.8 Å². The van der Waals surface area contributed by atoms with Gasteiger partial charge in [-0.15, -0.1) is 0 Å². The first kappa shape index (κ1) is 12.9. The van der Waals surface area contributed by atoms with E-state index in [0.29, 0.717) is 0 Å². The number of halogens is 1. The first-order chi connectivity index (χ1) is 7.41. The molecule has 1 rings (SSSR count). The van der Waals surface area contributed by atoms with E-state index in [-0.39, 0.29) is 17.7 Å². The Hall–Kier alpha value is -1.14. The molecule has 4 nitrogen and oxygen atoms in total. The third-order valence-electron chi connectivity index (χ3n) is 2.01. The lowest BCUT2D eigenvalue weighted by atomic mass is 10.1. The molecule has 1 aromatic rings. The Bertz CT molecular complexity index is 563. The van der Waals surface area contributed by atoms with Crippen LogP contribution in [0.4, 0.5) is 10.1 Å². The van der Waals surface area contributed by atoms with Crippen molar-refractivity contribution in [3.63, 3.8) is 0 Å². The van der Waals surface area contributed by atoms with Crippen LogP contribution in [0.25, 0.3) is 0 Å². The van der Waals surface area contributed by atoms with Crippen molar-refractivity contribution in [1.82, 2.24) is 0 Å². The number of rotatable bonds is 3. The fourth-order valence-corrected chi connectivity index (χ4v) is 2.03. The lowest BCUT2D eigenvalue weighted by molar-refractivity contribution is 0.560. The van der Waals surface area contributed by atoms with E-state index in [9.17, 15) is 12.8 Å². The summed E-state index contributed by atoms with van der Waals surface area (Å²) in [7, 11) is -4.06. The Balaban J connectivity index is 3.58. The highest BCUT2D eigenvalue weighted by molar-refractivity contribution is 7.89. The molecule has 0 aliphatic carbocycles. The maximum atomic E-state index is 13.8. The van der Waals surface area contributed by atoms with Crippen LogP contribution in [-0.4, -0.2) is 13.6 Å². The second-order valence-corrected chi connectivity index (χ2v) is 4.69. The molecule has 0 aliphatic rings. The molecular weight excluding hydrogens is 251 g/mol. The molecule has 7 heteroatoms. The molecule has 0 amide bonds. The summed E-state index contributed by atoms with van der Waals surface area (Å²) in [5.41, 5.74) is 0.422. The maximum Gasteiger partial charge on any atom is 0.240 e. The molecule has 2 N–H and O–H groups in total. The fraction of sp³-hybridized carbons (Fsp3) is 0.222. The van der Waals surface area contributed by atoms with E-state index >= 15 is 0 Å². The van der Waals surface area contributed by atoms with Crippen LogP contribution in [0.15, 0.2) is 22.0 Å². The molecule has 86 valence electrons. The molecule has 0 fully saturated rings. The highest BCUT2D eigenvalue weighted by Crippen LogP contribution is 2.27. The Morgan fingerprint density at radius 1 is 1.56 bits per heavy atom. The van der Waals surface area contributed by atoms with Crippen LogP contribution in [0.1, 0.15) is 12.5 Å². The van der Waals surface area contributed by atoms with E-state index in [1.165, 1.54) is 6.07 Å². The highest BCUT2D eigenvalue weighted by Gasteiger charge is 2.19. The Morgan fingerprint density at radius 3 is 2.62 bits per heavy atom. The van der Waals surface area contributed by atoms with Gasteiger partial charge in [-0.2, -0.15) is 4.99 Å². The molecule has 0 spiro atoms. The number of aliphatic imine (C=N–C) groups is 1. The second kappa shape index (κ2) is 4.80. The molecule has 0 radical (unpaired) electrons. The zero-order chi connectivity index (χ0) is 12.3. The minimum atomic E-state index is -4.06. The number of thiocarbonyl (C=S) groups is 1. The molecule has 0 saturated heterocycles. The van der Waals surface area contributed by atoms with Crippen molar-refractivity contribution in [2.45, 2.75) is 18.2 Å². The van der Waals surface area contributed by atoms with Gasteiger partial charge in [0, 0.05) is 5.56 Å². The van der Waals surface area contributed by atoms with Crippen LogP contribution in [0.3, 0.4) is 0 Å². The molecule has 0 atom stereocenters. The quantitative estimate of drug-likeness (QED) is 0.665. The van der Waals surface area contributed by atoms with Crippen LogP contribution < -0.4 is 5.14 Å². The number of hydrogen-bond donors (Lipinski definition) is 1. The first-order valence-corrected chi connectivity index (χ1v) is 6.29. The first-order valence-electron chi connectivity index (χ1n) is 4.33. The Labute approximate surface area is 98.0 Å². The third kappa shape index (κ3) is 2.51. The smallest absolute Gasteiger partial charge is 0.225 e. The third-order valence-corrected chi connectivity index (χ3v) is 3.03. The van der Waals surface area contributed by atoms with Crippen molar-refractivity contribution >= 4 is 33.1 Å². The van der Waals surface area contributed by atoms with Crippen LogP contribution in [-0.2, 0) is 16.4 Å². The zero-order valence-corrected chi connectivity index (χ0v) is 10.0. The van der Waals surface area contributed by atoms with E-state index in [1.807, 2.05) is 0 Å².